The van der Waals surface area contributed by atoms with Crippen LogP contribution in [0.3, 0.4) is 0 Å². The van der Waals surface area contributed by atoms with E-state index in [1.165, 1.54) is 6.20 Å². The van der Waals surface area contributed by atoms with Crippen LogP contribution in [0.1, 0.15) is 18.1 Å². The number of hydrogen-bond acceptors (Lipinski definition) is 7. The van der Waals surface area contributed by atoms with Crippen molar-refractivity contribution in [2.45, 2.75) is 12.5 Å². The van der Waals surface area contributed by atoms with Crippen molar-refractivity contribution in [1.82, 2.24) is 9.97 Å². The summed E-state index contributed by atoms with van der Waals surface area (Å²) in [5.41, 5.74) is 2.01. The Morgan fingerprint density at radius 1 is 1.13 bits per heavy atom. The fourth-order valence-electron chi connectivity index (χ4n) is 3.68. The summed E-state index contributed by atoms with van der Waals surface area (Å²) in [6.45, 7) is 0.660. The number of rotatable bonds is 4. The van der Waals surface area contributed by atoms with E-state index in [0.717, 1.165) is 5.56 Å². The van der Waals surface area contributed by atoms with Crippen molar-refractivity contribution in [3.8, 4) is 5.75 Å². The molecular formula is C22H16ClN2O5P. The fourth-order valence-corrected chi connectivity index (χ4v) is 5.61. The van der Waals surface area contributed by atoms with E-state index in [4.69, 9.17) is 25.4 Å². The van der Waals surface area contributed by atoms with Crippen molar-refractivity contribution in [3.05, 3.63) is 71.5 Å². The molecule has 1 saturated heterocycles. The Balaban J connectivity index is 1.54. The third kappa shape index (κ3) is 3.70. The molecule has 0 saturated carbocycles. The van der Waals surface area contributed by atoms with Crippen molar-refractivity contribution in [3.63, 3.8) is 0 Å². The number of halogens is 1. The van der Waals surface area contributed by atoms with E-state index in [0.29, 0.717) is 50.8 Å². The largest absolute Gasteiger partial charge is 0.428 e. The first-order valence-corrected chi connectivity index (χ1v) is 11.5. The summed E-state index contributed by atoms with van der Waals surface area (Å²) in [5.74, 6) is 0.392. The molecule has 1 aliphatic rings. The quantitative estimate of drug-likeness (QED) is 0.244. The van der Waals surface area contributed by atoms with Gasteiger partial charge in [0.2, 0.25) is 0 Å². The smallest absolute Gasteiger partial charge is 0.363 e. The second kappa shape index (κ2) is 8.02. The number of nitrogens with zero attached hydrogens (tertiary/aromatic N) is 2. The third-order valence-corrected chi connectivity index (χ3v) is 7.29. The molecule has 4 aromatic rings. The highest BCUT2D eigenvalue weighted by Crippen LogP contribution is 2.55. The van der Waals surface area contributed by atoms with Gasteiger partial charge in [-0.15, -0.1) is 0 Å². The number of benzene rings is 2. The minimum atomic E-state index is -3.58. The molecule has 0 bridgehead atoms. The molecule has 31 heavy (non-hydrogen) atoms. The lowest BCUT2D eigenvalue weighted by Gasteiger charge is -2.30. The van der Waals surface area contributed by atoms with Crippen molar-refractivity contribution in [2.75, 3.05) is 6.61 Å². The maximum Gasteiger partial charge on any atom is 0.363 e. The van der Waals surface area contributed by atoms with Crippen LogP contribution in [0.25, 0.3) is 21.8 Å². The van der Waals surface area contributed by atoms with Gasteiger partial charge in [0.1, 0.15) is 11.3 Å². The van der Waals surface area contributed by atoms with Crippen LogP contribution >= 0.6 is 19.2 Å². The molecule has 0 radical (unpaired) electrons. The summed E-state index contributed by atoms with van der Waals surface area (Å²) >= 11 is 6.10. The first kappa shape index (κ1) is 20.1. The summed E-state index contributed by atoms with van der Waals surface area (Å²) < 4.78 is 30.1. The van der Waals surface area contributed by atoms with Crippen molar-refractivity contribution < 1.29 is 23.1 Å². The number of ether oxygens (including phenoxy) is 1. The number of fused-ring (bicyclic) bond motifs is 3. The lowest BCUT2D eigenvalue weighted by molar-refractivity contribution is -0.120. The van der Waals surface area contributed by atoms with Crippen molar-refractivity contribution in [2.24, 2.45) is 0 Å². The van der Waals surface area contributed by atoms with E-state index in [1.807, 2.05) is 12.1 Å². The first-order valence-electron chi connectivity index (χ1n) is 9.54. The van der Waals surface area contributed by atoms with Gasteiger partial charge in [-0.25, -0.2) is 0 Å². The highest BCUT2D eigenvalue weighted by Gasteiger charge is 2.36. The van der Waals surface area contributed by atoms with Gasteiger partial charge >= 0.3 is 7.60 Å². The van der Waals surface area contributed by atoms with Crippen LogP contribution in [0, 0.1) is 0 Å². The van der Waals surface area contributed by atoms with Crippen LogP contribution in [-0.4, -0.2) is 23.0 Å². The number of pyridine rings is 2. The highest BCUT2D eigenvalue weighted by atomic mass is 35.5. The molecule has 2 aromatic carbocycles. The van der Waals surface area contributed by atoms with Crippen LogP contribution in [0.15, 0.2) is 60.9 Å². The zero-order valence-electron chi connectivity index (χ0n) is 16.1. The van der Waals surface area contributed by atoms with Gasteiger partial charge in [-0.05, 0) is 35.9 Å². The summed E-state index contributed by atoms with van der Waals surface area (Å²) in [4.78, 5) is 19.6. The third-order valence-electron chi connectivity index (χ3n) is 5.13. The number of hydrogen-bond donors (Lipinski definition) is 0. The van der Waals surface area contributed by atoms with Gasteiger partial charge < -0.3 is 9.26 Å². The average molecular weight is 455 g/mol. The van der Waals surface area contributed by atoms with Gasteiger partial charge in [-0.2, -0.15) is 0 Å². The van der Waals surface area contributed by atoms with Gasteiger partial charge in [0, 0.05) is 34.6 Å². The van der Waals surface area contributed by atoms with Crippen LogP contribution < -0.4 is 10.0 Å². The molecule has 0 spiro atoms. The van der Waals surface area contributed by atoms with Crippen LogP contribution in [0.4, 0.5) is 0 Å². The molecule has 9 heteroatoms. The summed E-state index contributed by atoms with van der Waals surface area (Å²) in [6.07, 6.45) is 3.20. The van der Waals surface area contributed by atoms with Gasteiger partial charge in [0.15, 0.2) is 0 Å². The molecule has 1 aliphatic heterocycles. The Morgan fingerprint density at radius 3 is 2.87 bits per heavy atom. The predicted molar refractivity (Wildman–Crippen MR) is 117 cm³/mol. The summed E-state index contributed by atoms with van der Waals surface area (Å²) in [7, 11) is -3.58. The van der Waals surface area contributed by atoms with E-state index >= 15 is 0 Å². The Morgan fingerprint density at radius 2 is 2.03 bits per heavy atom. The Labute approximate surface area is 182 Å². The molecule has 3 heterocycles. The number of aromatic nitrogens is 2. The van der Waals surface area contributed by atoms with Gasteiger partial charge in [-0.3, -0.25) is 23.9 Å². The molecule has 5 rings (SSSR count). The number of carbonyl (C=O) groups is 1. The van der Waals surface area contributed by atoms with Crippen LogP contribution in [0.5, 0.6) is 5.75 Å². The molecule has 2 aromatic heterocycles. The molecular weight excluding hydrogens is 439 g/mol. The zero-order chi connectivity index (χ0) is 21.4. The molecule has 1 fully saturated rings. The number of carbonyl (C=O) groups excluding carboxylic acids is 1. The normalized spacial score (nSPS) is 21.3. The molecule has 0 amide bonds. The van der Waals surface area contributed by atoms with Crippen LogP contribution in [0.2, 0.25) is 5.02 Å². The molecule has 0 N–H and O–H groups in total. The lowest BCUT2D eigenvalue weighted by atomic mass is 10.1. The van der Waals surface area contributed by atoms with Crippen molar-refractivity contribution >= 4 is 52.8 Å². The Kier molecular flexibility index (Phi) is 5.20. The average Bonchev–Trinajstić information content (AvgIpc) is 2.79. The van der Waals surface area contributed by atoms with E-state index in [2.05, 4.69) is 9.97 Å². The summed E-state index contributed by atoms with van der Waals surface area (Å²) in [6, 6.07) is 14.2. The molecule has 2 unspecified atom stereocenters. The molecule has 156 valence electrons. The molecule has 7 nitrogen and oxygen atoms in total. The Hall–Kier alpha value is -2.83. The minimum Gasteiger partial charge on any atom is -0.428 e. The lowest BCUT2D eigenvalue weighted by Crippen LogP contribution is -2.20. The minimum absolute atomic E-state index is 0.290. The van der Waals surface area contributed by atoms with Gasteiger partial charge in [0.25, 0.3) is 6.47 Å². The second-order valence-corrected chi connectivity index (χ2v) is 9.44. The maximum absolute atomic E-state index is 13.6. The monoisotopic (exact) mass is 454 g/mol. The van der Waals surface area contributed by atoms with Gasteiger partial charge in [-0.1, -0.05) is 29.8 Å². The SMILES string of the molecule is O=COc1ccnc2c1ccc1cc(P3(=O)OCCC(c4cccc(Cl)c4)O3)cnc12. The Bertz CT molecular complexity index is 1360. The summed E-state index contributed by atoms with van der Waals surface area (Å²) in [5, 5.41) is 2.33. The topological polar surface area (TPSA) is 87.6 Å². The highest BCUT2D eigenvalue weighted by molar-refractivity contribution is 7.62. The predicted octanol–water partition coefficient (Wildman–Crippen LogP) is 4.97. The molecule has 0 aliphatic carbocycles. The second-order valence-electron chi connectivity index (χ2n) is 7.02. The standard InChI is InChI=1S/C22H16ClN2O5P/c23-16-3-1-2-14(10-16)19-7-9-29-31(27,30-19)17-11-15-4-5-18-20(28-13-26)6-8-24-22(18)21(15)25-12-17/h1-6,8,10-13,19H,7,9H2. The van der Waals surface area contributed by atoms with Crippen LogP contribution in [-0.2, 0) is 18.4 Å². The maximum atomic E-state index is 13.6. The first-order chi connectivity index (χ1) is 15.1. The van der Waals surface area contributed by atoms with E-state index in [9.17, 15) is 9.36 Å². The van der Waals surface area contributed by atoms with E-state index in [1.54, 1.807) is 42.6 Å². The van der Waals surface area contributed by atoms with E-state index < -0.39 is 13.7 Å². The van der Waals surface area contributed by atoms with E-state index in [-0.39, 0.29) is 6.61 Å². The van der Waals surface area contributed by atoms with Gasteiger partial charge in [0.05, 0.1) is 23.5 Å². The molecule has 2 atom stereocenters. The fraction of sp³-hybridized carbons (Fsp3) is 0.136. The van der Waals surface area contributed by atoms with Crippen molar-refractivity contribution in [1.29, 1.82) is 0 Å². The zero-order valence-corrected chi connectivity index (χ0v) is 17.8.